The van der Waals surface area contributed by atoms with Crippen LogP contribution in [0.2, 0.25) is 5.02 Å². The minimum Gasteiger partial charge on any atom is -0.383 e. The van der Waals surface area contributed by atoms with Crippen molar-refractivity contribution in [3.05, 3.63) is 91.2 Å². The highest BCUT2D eigenvalue weighted by Gasteiger charge is 2.39. The van der Waals surface area contributed by atoms with Crippen LogP contribution in [0, 0.1) is 5.82 Å². The Balaban J connectivity index is 2.11. The zero-order valence-corrected chi connectivity index (χ0v) is 18.2. The predicted octanol–water partition coefficient (Wildman–Crippen LogP) is 5.54. The molecule has 32 heavy (non-hydrogen) atoms. The predicted molar refractivity (Wildman–Crippen MR) is 117 cm³/mol. The Bertz CT molecular complexity index is 1270. The highest BCUT2D eigenvalue weighted by atomic mass is 79.9. The van der Waals surface area contributed by atoms with Gasteiger partial charge in [0, 0.05) is 16.2 Å². The second-order valence-electron chi connectivity index (χ2n) is 6.62. The summed E-state index contributed by atoms with van der Waals surface area (Å²) in [7, 11) is 0. The maximum Gasteiger partial charge on any atom is 0.399 e. The van der Waals surface area contributed by atoms with Gasteiger partial charge in [0.2, 0.25) is 0 Å². The van der Waals surface area contributed by atoms with Crippen molar-refractivity contribution in [2.45, 2.75) is 12.1 Å². The zero-order valence-electron chi connectivity index (χ0n) is 15.9. The molecule has 3 aromatic rings. The summed E-state index contributed by atoms with van der Waals surface area (Å²) in [5, 5.41) is -0.595. The lowest BCUT2D eigenvalue weighted by molar-refractivity contribution is -0.139. The van der Waals surface area contributed by atoms with Crippen molar-refractivity contribution >= 4 is 45.7 Å². The minimum absolute atomic E-state index is 0.128. The smallest absolute Gasteiger partial charge is 0.383 e. The molecule has 0 aliphatic heterocycles. The fourth-order valence-corrected chi connectivity index (χ4v) is 3.62. The highest BCUT2D eigenvalue weighted by molar-refractivity contribution is 9.10. The van der Waals surface area contributed by atoms with Crippen molar-refractivity contribution in [3.63, 3.8) is 0 Å². The zero-order chi connectivity index (χ0) is 23.6. The molecular formula is C21H13BrClF4N3O2. The Hall–Kier alpha value is -2.98. The number of carbonyl (C=O) groups is 1. The summed E-state index contributed by atoms with van der Waals surface area (Å²) in [5.41, 5.74) is 4.28. The maximum absolute atomic E-state index is 14.6. The number of aromatic nitrogens is 2. The van der Waals surface area contributed by atoms with E-state index >= 15 is 0 Å². The summed E-state index contributed by atoms with van der Waals surface area (Å²) in [5.74, 6) is -3.37. The van der Waals surface area contributed by atoms with Gasteiger partial charge in [0.05, 0.1) is 16.6 Å². The fraction of sp³-hybridized carbons (Fsp3) is 0.0952. The SMILES string of the molecule is Nc1ccn(-c2cc(C(/C=C/c3ccc(C=O)c(Br)c3)C(F)(F)F)cc(Cl)c2F)c(=O)n1. The van der Waals surface area contributed by atoms with Crippen LogP contribution in [0.5, 0.6) is 0 Å². The van der Waals surface area contributed by atoms with Gasteiger partial charge in [-0.05, 0) is 41.5 Å². The van der Waals surface area contributed by atoms with Crippen molar-refractivity contribution in [3.8, 4) is 5.69 Å². The molecule has 1 aromatic heterocycles. The third-order valence-corrected chi connectivity index (χ3v) is 5.42. The van der Waals surface area contributed by atoms with Crippen LogP contribution in [-0.2, 0) is 0 Å². The molecule has 2 aromatic carbocycles. The summed E-state index contributed by atoms with van der Waals surface area (Å²) < 4.78 is 57.3. The molecule has 0 bridgehead atoms. The monoisotopic (exact) mass is 529 g/mol. The molecule has 2 N–H and O–H groups in total. The lowest BCUT2D eigenvalue weighted by Crippen LogP contribution is -2.24. The molecule has 1 unspecified atom stereocenters. The number of hydrogen-bond acceptors (Lipinski definition) is 4. The Morgan fingerprint density at radius 1 is 1.19 bits per heavy atom. The molecule has 0 aliphatic carbocycles. The number of aldehydes is 1. The average molecular weight is 531 g/mol. The van der Waals surface area contributed by atoms with Gasteiger partial charge >= 0.3 is 11.9 Å². The lowest BCUT2D eigenvalue weighted by atomic mass is 9.96. The standard InChI is InChI=1S/C21H13BrClF4N3O2/c22-15-7-11(1-3-12(15)10-31)2-4-14(21(25,26)27)13-8-16(23)19(24)17(9-13)30-6-5-18(28)29-20(30)32/h1-10,14H,(H2,28,29,32)/b4-2+. The molecule has 0 saturated heterocycles. The molecule has 1 heterocycles. The number of carbonyl (C=O) groups excluding carboxylic acids is 1. The van der Waals surface area contributed by atoms with Crippen LogP contribution < -0.4 is 11.4 Å². The normalized spacial score (nSPS) is 12.8. The number of benzene rings is 2. The molecular weight excluding hydrogens is 518 g/mol. The lowest BCUT2D eigenvalue weighted by Gasteiger charge is -2.19. The molecule has 5 nitrogen and oxygen atoms in total. The first-order valence-electron chi connectivity index (χ1n) is 8.85. The Morgan fingerprint density at radius 3 is 2.50 bits per heavy atom. The molecule has 0 amide bonds. The number of anilines is 1. The van der Waals surface area contributed by atoms with Crippen molar-refractivity contribution in [1.82, 2.24) is 9.55 Å². The summed E-state index contributed by atoms with van der Waals surface area (Å²) >= 11 is 9.02. The van der Waals surface area contributed by atoms with Crippen molar-refractivity contribution in [2.24, 2.45) is 0 Å². The van der Waals surface area contributed by atoms with E-state index in [1.165, 1.54) is 30.3 Å². The van der Waals surface area contributed by atoms with E-state index in [0.29, 0.717) is 26.5 Å². The number of rotatable bonds is 5. The molecule has 0 fully saturated rings. The number of nitrogens with two attached hydrogens (primary N) is 1. The number of nitrogens with zero attached hydrogens (tertiary/aromatic N) is 2. The molecule has 0 aliphatic rings. The van der Waals surface area contributed by atoms with Gasteiger partial charge in [-0.25, -0.2) is 9.18 Å². The Kier molecular flexibility index (Phi) is 6.85. The first kappa shape index (κ1) is 23.7. The van der Waals surface area contributed by atoms with Crippen molar-refractivity contribution in [2.75, 3.05) is 5.73 Å². The van der Waals surface area contributed by atoms with Gasteiger partial charge in [0.25, 0.3) is 0 Å². The summed E-state index contributed by atoms with van der Waals surface area (Å²) in [6, 6.07) is 7.34. The third-order valence-electron chi connectivity index (χ3n) is 4.46. The molecule has 0 radical (unpaired) electrons. The van der Waals surface area contributed by atoms with Gasteiger partial charge in [-0.2, -0.15) is 18.2 Å². The van der Waals surface area contributed by atoms with E-state index in [9.17, 15) is 27.2 Å². The molecule has 0 spiro atoms. The van der Waals surface area contributed by atoms with E-state index in [2.05, 4.69) is 20.9 Å². The number of nitrogen functional groups attached to an aromatic ring is 1. The van der Waals surface area contributed by atoms with E-state index in [4.69, 9.17) is 17.3 Å². The van der Waals surface area contributed by atoms with Crippen LogP contribution in [0.15, 0.2) is 57.9 Å². The summed E-state index contributed by atoms with van der Waals surface area (Å²) in [4.78, 5) is 26.4. The molecule has 0 saturated carbocycles. The van der Waals surface area contributed by atoms with Crippen LogP contribution in [-0.4, -0.2) is 22.0 Å². The molecule has 11 heteroatoms. The average Bonchev–Trinajstić information content (AvgIpc) is 2.70. The fourth-order valence-electron chi connectivity index (χ4n) is 2.91. The Labute approximate surface area is 192 Å². The third kappa shape index (κ3) is 5.08. The van der Waals surface area contributed by atoms with E-state index in [-0.39, 0.29) is 11.4 Å². The van der Waals surface area contributed by atoms with Gasteiger partial charge < -0.3 is 5.73 Å². The van der Waals surface area contributed by atoms with Gasteiger partial charge in [-0.3, -0.25) is 9.36 Å². The van der Waals surface area contributed by atoms with Crippen LogP contribution >= 0.6 is 27.5 Å². The van der Waals surface area contributed by atoms with E-state index in [1.807, 2.05) is 0 Å². The maximum atomic E-state index is 14.6. The first-order chi connectivity index (χ1) is 15.0. The summed E-state index contributed by atoms with van der Waals surface area (Å²) in [6.45, 7) is 0. The van der Waals surface area contributed by atoms with E-state index < -0.39 is 34.3 Å². The number of halogens is 6. The van der Waals surface area contributed by atoms with Crippen LogP contribution in [0.25, 0.3) is 11.8 Å². The molecule has 3 rings (SSSR count). The van der Waals surface area contributed by atoms with Crippen molar-refractivity contribution in [1.29, 1.82) is 0 Å². The van der Waals surface area contributed by atoms with Gasteiger partial charge in [-0.1, -0.05) is 45.7 Å². The second-order valence-corrected chi connectivity index (χ2v) is 7.88. The van der Waals surface area contributed by atoms with Crippen LogP contribution in [0.4, 0.5) is 23.4 Å². The quantitative estimate of drug-likeness (QED) is 0.347. The number of alkyl halides is 3. The minimum atomic E-state index is -4.75. The molecule has 1 atom stereocenters. The van der Waals surface area contributed by atoms with Crippen LogP contribution in [0.3, 0.4) is 0 Å². The van der Waals surface area contributed by atoms with Gasteiger partial charge in [-0.15, -0.1) is 0 Å². The van der Waals surface area contributed by atoms with E-state index in [1.54, 1.807) is 0 Å². The van der Waals surface area contributed by atoms with Gasteiger partial charge in [0.15, 0.2) is 12.1 Å². The van der Waals surface area contributed by atoms with Crippen LogP contribution in [0.1, 0.15) is 27.4 Å². The Morgan fingerprint density at radius 2 is 1.91 bits per heavy atom. The first-order valence-corrected chi connectivity index (χ1v) is 10.0. The molecule has 166 valence electrons. The number of hydrogen-bond donors (Lipinski definition) is 1. The second kappa shape index (κ2) is 9.25. The number of allylic oxidation sites excluding steroid dienone is 1. The highest BCUT2D eigenvalue weighted by Crippen LogP contribution is 2.39. The topological polar surface area (TPSA) is 78.0 Å². The van der Waals surface area contributed by atoms with Crippen molar-refractivity contribution < 1.29 is 22.4 Å². The van der Waals surface area contributed by atoms with Gasteiger partial charge in [0.1, 0.15) is 5.82 Å². The summed E-state index contributed by atoms with van der Waals surface area (Å²) in [6.07, 6.45) is -0.968. The van der Waals surface area contributed by atoms with E-state index in [0.717, 1.165) is 24.4 Å². The largest absolute Gasteiger partial charge is 0.399 e.